The quantitative estimate of drug-likeness (QED) is 0.300. The first kappa shape index (κ1) is 20.5. The number of halogens is 1. The Hall–Kier alpha value is -2.73. The highest BCUT2D eigenvalue weighted by molar-refractivity contribution is 9.10. The van der Waals surface area contributed by atoms with Gasteiger partial charge in [-0.1, -0.05) is 28.1 Å². The SMILES string of the molecule is O=C(C1=C(N2CCCCC2)/C(=C/c2ccc(Br)cc2)CC1)c1ccc([N+](=O)[O-])cc1. The second-order valence-electron chi connectivity index (χ2n) is 7.73. The summed E-state index contributed by atoms with van der Waals surface area (Å²) in [6, 6.07) is 14.1. The molecule has 0 unspecified atom stereocenters. The number of allylic oxidation sites excluding steroid dienone is 2. The predicted octanol–water partition coefficient (Wildman–Crippen LogP) is 6.16. The average Bonchev–Trinajstić information content (AvgIpc) is 3.19. The molecule has 0 aromatic heterocycles. The van der Waals surface area contributed by atoms with Crippen LogP contribution < -0.4 is 0 Å². The van der Waals surface area contributed by atoms with Gasteiger partial charge < -0.3 is 4.90 Å². The molecule has 5 nitrogen and oxygen atoms in total. The summed E-state index contributed by atoms with van der Waals surface area (Å²) in [5, 5.41) is 10.9. The largest absolute Gasteiger partial charge is 0.371 e. The molecule has 154 valence electrons. The summed E-state index contributed by atoms with van der Waals surface area (Å²) in [7, 11) is 0. The van der Waals surface area contributed by atoms with Crippen molar-refractivity contribution in [2.45, 2.75) is 32.1 Å². The molecule has 6 heteroatoms. The van der Waals surface area contributed by atoms with Gasteiger partial charge in [0.15, 0.2) is 5.78 Å². The van der Waals surface area contributed by atoms with Crippen LogP contribution in [0.5, 0.6) is 0 Å². The zero-order valence-electron chi connectivity index (χ0n) is 16.6. The monoisotopic (exact) mass is 466 g/mol. The number of carbonyl (C=O) groups is 1. The van der Waals surface area contributed by atoms with E-state index in [1.807, 2.05) is 12.1 Å². The van der Waals surface area contributed by atoms with Crippen LogP contribution in [0.2, 0.25) is 0 Å². The third kappa shape index (κ3) is 4.38. The van der Waals surface area contributed by atoms with Gasteiger partial charge in [0.1, 0.15) is 0 Å². The van der Waals surface area contributed by atoms with Crippen LogP contribution in [0, 0.1) is 10.1 Å². The average molecular weight is 467 g/mol. The van der Waals surface area contributed by atoms with E-state index in [0.717, 1.165) is 53.7 Å². The molecule has 1 aliphatic carbocycles. The summed E-state index contributed by atoms with van der Waals surface area (Å²) in [4.78, 5) is 26.2. The number of rotatable bonds is 5. The Morgan fingerprint density at radius 2 is 1.63 bits per heavy atom. The van der Waals surface area contributed by atoms with Crippen molar-refractivity contribution in [2.24, 2.45) is 0 Å². The van der Waals surface area contributed by atoms with E-state index in [0.29, 0.717) is 12.0 Å². The van der Waals surface area contributed by atoms with E-state index in [-0.39, 0.29) is 11.5 Å². The topological polar surface area (TPSA) is 63.5 Å². The van der Waals surface area contributed by atoms with Gasteiger partial charge in [0.2, 0.25) is 0 Å². The molecule has 1 saturated heterocycles. The second kappa shape index (κ2) is 8.96. The molecular weight excluding hydrogens is 444 g/mol. The number of benzene rings is 2. The molecule has 0 bridgehead atoms. The van der Waals surface area contributed by atoms with E-state index < -0.39 is 4.92 Å². The molecule has 0 radical (unpaired) electrons. The molecule has 30 heavy (non-hydrogen) atoms. The Morgan fingerprint density at radius 1 is 0.967 bits per heavy atom. The van der Waals surface area contributed by atoms with E-state index in [1.54, 1.807) is 12.1 Å². The van der Waals surface area contributed by atoms with Crippen molar-refractivity contribution in [2.75, 3.05) is 13.1 Å². The van der Waals surface area contributed by atoms with Crippen molar-refractivity contribution in [3.8, 4) is 0 Å². The van der Waals surface area contributed by atoms with Crippen LogP contribution in [-0.4, -0.2) is 28.7 Å². The molecule has 0 saturated carbocycles. The maximum Gasteiger partial charge on any atom is 0.269 e. The highest BCUT2D eigenvalue weighted by Crippen LogP contribution is 2.38. The van der Waals surface area contributed by atoms with Crippen LogP contribution in [0.15, 0.2) is 69.8 Å². The van der Waals surface area contributed by atoms with E-state index in [4.69, 9.17) is 0 Å². The van der Waals surface area contributed by atoms with Crippen molar-refractivity contribution < 1.29 is 9.72 Å². The zero-order valence-corrected chi connectivity index (χ0v) is 18.2. The zero-order chi connectivity index (χ0) is 21.1. The van der Waals surface area contributed by atoms with Gasteiger partial charge >= 0.3 is 0 Å². The minimum atomic E-state index is -0.443. The van der Waals surface area contributed by atoms with Crippen LogP contribution in [0.1, 0.15) is 48.0 Å². The van der Waals surface area contributed by atoms with Crippen molar-refractivity contribution in [3.05, 3.63) is 91.1 Å². The van der Waals surface area contributed by atoms with Crippen molar-refractivity contribution in [3.63, 3.8) is 0 Å². The van der Waals surface area contributed by atoms with Gasteiger partial charge in [0.25, 0.3) is 5.69 Å². The highest BCUT2D eigenvalue weighted by atomic mass is 79.9. The fourth-order valence-electron chi connectivity index (χ4n) is 4.23. The summed E-state index contributed by atoms with van der Waals surface area (Å²) < 4.78 is 1.04. The summed E-state index contributed by atoms with van der Waals surface area (Å²) in [6.45, 7) is 1.92. The standard InChI is InChI=1S/C24H23BrN2O3/c25-20-9-4-17(5-10-20)16-19-8-13-22(23(19)26-14-2-1-3-15-26)24(28)18-6-11-21(12-7-18)27(29)30/h4-7,9-12,16H,1-3,8,13-15H2/b19-16+. The lowest BCUT2D eigenvalue weighted by atomic mass is 10.00. The molecule has 1 heterocycles. The van der Waals surface area contributed by atoms with Crippen LogP contribution in [0.25, 0.3) is 6.08 Å². The molecule has 4 rings (SSSR count). The van der Waals surface area contributed by atoms with Crippen molar-refractivity contribution in [1.82, 2.24) is 4.90 Å². The summed E-state index contributed by atoms with van der Waals surface area (Å²) >= 11 is 3.48. The van der Waals surface area contributed by atoms with Gasteiger partial charge in [-0.2, -0.15) is 0 Å². The summed E-state index contributed by atoms with van der Waals surface area (Å²) in [5.41, 5.74) is 4.72. The van der Waals surface area contributed by atoms with E-state index in [2.05, 4.69) is 39.0 Å². The van der Waals surface area contributed by atoms with E-state index in [1.165, 1.54) is 24.1 Å². The van der Waals surface area contributed by atoms with Crippen molar-refractivity contribution >= 4 is 33.5 Å². The number of nitro groups is 1. The lowest BCUT2D eigenvalue weighted by molar-refractivity contribution is -0.384. The molecule has 0 atom stereocenters. The number of hydrogen-bond donors (Lipinski definition) is 0. The molecule has 2 aromatic rings. The number of nitro benzene ring substituents is 1. The summed E-state index contributed by atoms with van der Waals surface area (Å²) in [5.74, 6) is -0.0234. The van der Waals surface area contributed by atoms with Crippen LogP contribution in [0.3, 0.4) is 0 Å². The highest BCUT2D eigenvalue weighted by Gasteiger charge is 2.30. The number of nitrogens with zero attached hydrogens (tertiary/aromatic N) is 2. The molecule has 2 aromatic carbocycles. The third-order valence-corrected chi connectivity index (χ3v) is 6.26. The number of likely N-dealkylation sites (tertiary alicyclic amines) is 1. The van der Waals surface area contributed by atoms with Crippen molar-refractivity contribution in [1.29, 1.82) is 0 Å². The van der Waals surface area contributed by atoms with E-state index in [9.17, 15) is 14.9 Å². The normalized spacial score (nSPS) is 18.2. The number of Topliss-reactive ketones (excluding diaryl/α,β-unsaturated/α-hetero) is 1. The van der Waals surface area contributed by atoms with Crippen LogP contribution >= 0.6 is 15.9 Å². The first-order chi connectivity index (χ1) is 14.5. The molecule has 1 fully saturated rings. The number of piperidine rings is 1. The number of non-ortho nitro benzene ring substituents is 1. The number of carbonyl (C=O) groups excluding carboxylic acids is 1. The van der Waals surface area contributed by atoms with Crippen LogP contribution in [-0.2, 0) is 0 Å². The maximum absolute atomic E-state index is 13.3. The smallest absolute Gasteiger partial charge is 0.269 e. The van der Waals surface area contributed by atoms with Gasteiger partial charge in [-0.25, -0.2) is 0 Å². The fourth-order valence-corrected chi connectivity index (χ4v) is 4.50. The van der Waals surface area contributed by atoms with Gasteiger partial charge in [-0.05, 0) is 73.6 Å². The number of hydrogen-bond acceptors (Lipinski definition) is 4. The predicted molar refractivity (Wildman–Crippen MR) is 121 cm³/mol. The van der Waals surface area contributed by atoms with Gasteiger partial charge in [-0.3, -0.25) is 14.9 Å². The first-order valence-electron chi connectivity index (χ1n) is 10.3. The summed E-state index contributed by atoms with van der Waals surface area (Å²) in [6.07, 6.45) is 7.20. The first-order valence-corrected chi connectivity index (χ1v) is 11.1. The molecule has 0 amide bonds. The molecular formula is C24H23BrN2O3. The lowest BCUT2D eigenvalue weighted by Gasteiger charge is -2.31. The molecule has 0 N–H and O–H groups in total. The van der Waals surface area contributed by atoms with Gasteiger partial charge in [0, 0.05) is 46.5 Å². The Morgan fingerprint density at radius 3 is 2.27 bits per heavy atom. The van der Waals surface area contributed by atoms with Crippen LogP contribution in [0.4, 0.5) is 5.69 Å². The Bertz CT molecular complexity index is 1020. The van der Waals surface area contributed by atoms with Gasteiger partial charge in [0.05, 0.1) is 4.92 Å². The lowest BCUT2D eigenvalue weighted by Crippen LogP contribution is -2.30. The number of ketones is 1. The minimum Gasteiger partial charge on any atom is -0.371 e. The molecule has 2 aliphatic rings. The third-order valence-electron chi connectivity index (χ3n) is 5.73. The fraction of sp³-hybridized carbons (Fsp3) is 0.292. The molecule has 0 spiro atoms. The minimum absolute atomic E-state index is 0.000899. The molecule has 1 aliphatic heterocycles. The van der Waals surface area contributed by atoms with E-state index >= 15 is 0 Å². The van der Waals surface area contributed by atoms with Gasteiger partial charge in [-0.15, -0.1) is 0 Å². The maximum atomic E-state index is 13.3. The Labute approximate surface area is 184 Å². The second-order valence-corrected chi connectivity index (χ2v) is 8.64. The Balaban J connectivity index is 1.72. The Kier molecular flexibility index (Phi) is 6.13.